The molecule has 2 bridgehead atoms. The van der Waals surface area contributed by atoms with E-state index in [4.69, 9.17) is 5.11 Å². The lowest BCUT2D eigenvalue weighted by atomic mass is 9.79. The molecular weight excluding hydrogens is 388 g/mol. The zero-order valence-electron chi connectivity index (χ0n) is 15.5. The van der Waals surface area contributed by atoms with Gasteiger partial charge in [-0.3, -0.25) is 4.79 Å². The molecule has 2 aliphatic rings. The number of nitrogens with one attached hydrogen (secondary N) is 1. The van der Waals surface area contributed by atoms with Gasteiger partial charge in [0, 0.05) is 13.0 Å². The number of carbonyl (C=O) groups is 1. The summed E-state index contributed by atoms with van der Waals surface area (Å²) in [4.78, 5) is 10.3. The van der Waals surface area contributed by atoms with E-state index in [9.17, 15) is 22.0 Å². The maximum absolute atomic E-state index is 13.4. The predicted octanol–water partition coefficient (Wildman–Crippen LogP) is 3.72. The Kier molecular flexibility index (Phi) is 6.50. The summed E-state index contributed by atoms with van der Waals surface area (Å²) in [5.41, 5.74) is 0. The lowest BCUT2D eigenvalue weighted by Crippen LogP contribution is -2.35. The van der Waals surface area contributed by atoms with Gasteiger partial charge in [0.05, 0.1) is 4.90 Å². The molecule has 2 N–H and O–H groups in total. The first-order valence-corrected chi connectivity index (χ1v) is 11.1. The van der Waals surface area contributed by atoms with E-state index in [1.54, 1.807) is 0 Å². The van der Waals surface area contributed by atoms with Crippen molar-refractivity contribution in [3.8, 4) is 0 Å². The van der Waals surface area contributed by atoms with E-state index in [1.807, 2.05) is 6.08 Å². The standard InChI is InChI=1S/C20H25F2NO4S/c21-18-9-8-15(11-19(18)22)28(26,27)23-12-17-14-7-6-13(10-14)16(17)4-2-1-3-5-20(24)25/h2,4,8-9,11,13-14,16-17,23H,1,3,5-7,10,12H2,(H,24,25)/b4-2-/t13-,14+,16+,17-/m0/s1. The first kappa shape index (κ1) is 20.9. The molecular formula is C20H25F2NO4S. The highest BCUT2D eigenvalue weighted by Gasteiger charge is 2.46. The van der Waals surface area contributed by atoms with Crippen LogP contribution >= 0.6 is 0 Å². The highest BCUT2D eigenvalue weighted by molar-refractivity contribution is 7.89. The number of carboxylic acid groups (broad SMARTS) is 1. The van der Waals surface area contributed by atoms with E-state index in [-0.39, 0.29) is 29.7 Å². The van der Waals surface area contributed by atoms with Gasteiger partial charge in [0.15, 0.2) is 11.6 Å². The smallest absolute Gasteiger partial charge is 0.303 e. The minimum Gasteiger partial charge on any atom is -0.481 e. The Bertz CT molecular complexity index is 856. The van der Waals surface area contributed by atoms with Crippen molar-refractivity contribution in [2.24, 2.45) is 23.7 Å². The topological polar surface area (TPSA) is 83.5 Å². The molecule has 0 radical (unpaired) electrons. The summed E-state index contributed by atoms with van der Waals surface area (Å²) in [6.07, 6.45) is 8.80. The minimum atomic E-state index is -3.91. The number of benzene rings is 1. The molecule has 28 heavy (non-hydrogen) atoms. The average Bonchev–Trinajstić information content (AvgIpc) is 3.23. The van der Waals surface area contributed by atoms with Crippen LogP contribution in [0.1, 0.15) is 38.5 Å². The Labute approximate surface area is 163 Å². The van der Waals surface area contributed by atoms with Crippen LogP contribution in [-0.4, -0.2) is 26.0 Å². The van der Waals surface area contributed by atoms with Crippen LogP contribution in [0.3, 0.4) is 0 Å². The van der Waals surface area contributed by atoms with Gasteiger partial charge in [-0.25, -0.2) is 21.9 Å². The molecule has 4 atom stereocenters. The van der Waals surface area contributed by atoms with Crippen molar-refractivity contribution in [3.05, 3.63) is 42.0 Å². The molecule has 0 amide bonds. The van der Waals surface area contributed by atoms with Gasteiger partial charge in [-0.1, -0.05) is 12.2 Å². The van der Waals surface area contributed by atoms with Crippen molar-refractivity contribution in [3.63, 3.8) is 0 Å². The summed E-state index contributed by atoms with van der Waals surface area (Å²) in [5.74, 6) is -1.68. The van der Waals surface area contributed by atoms with Crippen molar-refractivity contribution in [1.82, 2.24) is 4.72 Å². The Morgan fingerprint density at radius 2 is 1.96 bits per heavy atom. The van der Waals surface area contributed by atoms with E-state index in [1.165, 1.54) is 0 Å². The molecule has 8 heteroatoms. The lowest BCUT2D eigenvalue weighted by molar-refractivity contribution is -0.137. The molecule has 5 nitrogen and oxygen atoms in total. The molecule has 2 saturated carbocycles. The number of carboxylic acids is 1. The maximum atomic E-state index is 13.4. The van der Waals surface area contributed by atoms with Crippen LogP contribution in [0.4, 0.5) is 8.78 Å². The van der Waals surface area contributed by atoms with Crippen LogP contribution < -0.4 is 4.72 Å². The van der Waals surface area contributed by atoms with Crippen LogP contribution in [0.25, 0.3) is 0 Å². The van der Waals surface area contributed by atoms with Gasteiger partial charge in [-0.05, 0) is 74.0 Å². The molecule has 0 aromatic heterocycles. The molecule has 0 saturated heterocycles. The quantitative estimate of drug-likeness (QED) is 0.477. The average molecular weight is 413 g/mol. The number of sulfonamides is 1. The molecule has 154 valence electrons. The number of fused-ring (bicyclic) bond motifs is 2. The van der Waals surface area contributed by atoms with Crippen LogP contribution in [0.2, 0.25) is 0 Å². The normalized spacial score (nSPS) is 26.9. The van der Waals surface area contributed by atoms with Crippen molar-refractivity contribution < 1.29 is 27.1 Å². The van der Waals surface area contributed by atoms with E-state index in [0.29, 0.717) is 30.7 Å². The van der Waals surface area contributed by atoms with E-state index in [0.717, 1.165) is 31.4 Å². The Morgan fingerprint density at radius 1 is 1.21 bits per heavy atom. The van der Waals surface area contributed by atoms with Gasteiger partial charge in [-0.2, -0.15) is 0 Å². The van der Waals surface area contributed by atoms with Crippen molar-refractivity contribution in [2.45, 2.75) is 43.4 Å². The summed E-state index contributed by atoms with van der Waals surface area (Å²) in [5, 5.41) is 8.69. The fourth-order valence-corrected chi connectivity index (χ4v) is 5.70. The number of aliphatic carboxylic acids is 1. The van der Waals surface area contributed by atoms with Crippen LogP contribution in [0.5, 0.6) is 0 Å². The molecule has 0 aliphatic heterocycles. The van der Waals surface area contributed by atoms with Gasteiger partial charge in [0.25, 0.3) is 0 Å². The third kappa shape index (κ3) is 4.78. The molecule has 3 rings (SSSR count). The third-order valence-electron chi connectivity index (χ3n) is 5.99. The fourth-order valence-electron chi connectivity index (χ4n) is 4.62. The summed E-state index contributed by atoms with van der Waals surface area (Å²) in [7, 11) is -3.91. The van der Waals surface area contributed by atoms with Crippen molar-refractivity contribution in [1.29, 1.82) is 0 Å². The summed E-state index contributed by atoms with van der Waals surface area (Å²) >= 11 is 0. The maximum Gasteiger partial charge on any atom is 0.303 e. The van der Waals surface area contributed by atoms with Crippen molar-refractivity contribution in [2.75, 3.05) is 6.54 Å². The molecule has 1 aromatic rings. The van der Waals surface area contributed by atoms with Gasteiger partial charge in [0.1, 0.15) is 0 Å². The van der Waals surface area contributed by atoms with Crippen LogP contribution in [-0.2, 0) is 14.8 Å². The minimum absolute atomic E-state index is 0.137. The second-order valence-corrected chi connectivity index (χ2v) is 9.48. The first-order valence-electron chi connectivity index (χ1n) is 9.61. The molecule has 0 unspecified atom stereocenters. The predicted molar refractivity (Wildman–Crippen MR) is 100.0 cm³/mol. The largest absolute Gasteiger partial charge is 0.481 e. The number of hydrogen-bond donors (Lipinski definition) is 2. The SMILES string of the molecule is O=C(O)CCC/C=C\[C@@H]1[C@H]2CC[C@H](C2)[C@@H]1CNS(=O)(=O)c1ccc(F)c(F)c1. The second-order valence-electron chi connectivity index (χ2n) is 7.72. The molecule has 2 fully saturated rings. The third-order valence-corrected chi connectivity index (χ3v) is 7.41. The monoisotopic (exact) mass is 413 g/mol. The highest BCUT2D eigenvalue weighted by Crippen LogP contribution is 2.52. The zero-order valence-corrected chi connectivity index (χ0v) is 16.3. The zero-order chi connectivity index (χ0) is 20.3. The van der Waals surface area contributed by atoms with Gasteiger partial charge >= 0.3 is 5.97 Å². The number of hydrogen-bond acceptors (Lipinski definition) is 3. The first-order chi connectivity index (χ1) is 13.3. The summed E-state index contributed by atoms with van der Waals surface area (Å²) in [6, 6.07) is 2.56. The van der Waals surface area contributed by atoms with Crippen LogP contribution in [0.15, 0.2) is 35.2 Å². The Hall–Kier alpha value is -1.80. The lowest BCUT2D eigenvalue weighted by Gasteiger charge is -2.29. The number of halogens is 2. The highest BCUT2D eigenvalue weighted by atomic mass is 32.2. The number of allylic oxidation sites excluding steroid dienone is 2. The van der Waals surface area contributed by atoms with Crippen molar-refractivity contribution >= 4 is 16.0 Å². The summed E-state index contributed by atoms with van der Waals surface area (Å²) < 4.78 is 53.9. The molecule has 1 aromatic carbocycles. The number of rotatable bonds is 9. The number of unbranched alkanes of at least 4 members (excludes halogenated alkanes) is 1. The van der Waals surface area contributed by atoms with Gasteiger partial charge in [-0.15, -0.1) is 0 Å². The molecule has 2 aliphatic carbocycles. The summed E-state index contributed by atoms with van der Waals surface area (Å²) in [6.45, 7) is 0.257. The molecule has 0 spiro atoms. The van der Waals surface area contributed by atoms with E-state index >= 15 is 0 Å². The van der Waals surface area contributed by atoms with E-state index < -0.39 is 27.6 Å². The fraction of sp³-hybridized carbons (Fsp3) is 0.550. The second kappa shape index (κ2) is 8.69. The Balaban J connectivity index is 1.62. The van der Waals surface area contributed by atoms with E-state index in [2.05, 4.69) is 10.8 Å². The Morgan fingerprint density at radius 3 is 2.68 bits per heavy atom. The van der Waals surface area contributed by atoms with Gasteiger partial charge in [0.2, 0.25) is 10.0 Å². The van der Waals surface area contributed by atoms with Crippen LogP contribution in [0, 0.1) is 35.3 Å². The van der Waals surface area contributed by atoms with Gasteiger partial charge < -0.3 is 5.11 Å². The molecule has 0 heterocycles.